The van der Waals surface area contributed by atoms with Crippen molar-refractivity contribution < 1.29 is 38.7 Å². The molecule has 1 aliphatic carbocycles. The summed E-state index contributed by atoms with van der Waals surface area (Å²) in [5, 5.41) is 28.8. The van der Waals surface area contributed by atoms with Crippen molar-refractivity contribution in [3.8, 4) is 23.0 Å². The van der Waals surface area contributed by atoms with E-state index in [9.17, 15) is 15.0 Å². The molecule has 3 aromatic carbocycles. The van der Waals surface area contributed by atoms with Gasteiger partial charge in [-0.3, -0.25) is 9.59 Å². The number of aliphatic hydroxyl groups excluding tert-OH is 1. The molecule has 1 saturated heterocycles. The number of carbonyl (C=O) groups excluding carboxylic acids is 2. The van der Waals surface area contributed by atoms with Crippen molar-refractivity contribution in [2.24, 2.45) is 11.8 Å². The third kappa shape index (κ3) is 4.69. The number of nitrogens with one attached hydrogen (secondary N) is 1. The summed E-state index contributed by atoms with van der Waals surface area (Å²) >= 11 is 0. The maximum atomic E-state index is 15.2. The van der Waals surface area contributed by atoms with Crippen molar-refractivity contribution in [1.82, 2.24) is 10.2 Å². The van der Waals surface area contributed by atoms with Gasteiger partial charge in [-0.15, -0.1) is 0 Å². The zero-order chi connectivity index (χ0) is 32.8. The second-order valence-electron chi connectivity index (χ2n) is 12.4. The Hall–Kier alpha value is -4.28. The van der Waals surface area contributed by atoms with Crippen LogP contribution in [0.1, 0.15) is 55.7 Å². The van der Waals surface area contributed by atoms with Gasteiger partial charge in [0, 0.05) is 30.5 Å². The molecular weight excluding hydrogens is 588 g/mol. The number of likely N-dealkylation sites (tertiary alicyclic amines) is 1. The van der Waals surface area contributed by atoms with Crippen LogP contribution in [-0.2, 0) is 20.8 Å². The normalized spacial score (nSPS) is 28.5. The average Bonchev–Trinajstić information content (AvgIpc) is 3.59. The van der Waals surface area contributed by atoms with Gasteiger partial charge in [0.1, 0.15) is 40.9 Å². The molecule has 3 aromatic rings. The number of rotatable bonds is 9. The first-order valence-corrected chi connectivity index (χ1v) is 15.8. The Morgan fingerprint density at radius 2 is 1.72 bits per heavy atom. The van der Waals surface area contributed by atoms with Gasteiger partial charge in [-0.1, -0.05) is 56.3 Å². The molecule has 3 N–H and O–H groups in total. The van der Waals surface area contributed by atoms with Crippen molar-refractivity contribution >= 4 is 11.8 Å². The van der Waals surface area contributed by atoms with E-state index in [4.69, 9.17) is 18.9 Å². The number of amides is 2. The van der Waals surface area contributed by atoms with Crippen molar-refractivity contribution in [3.05, 3.63) is 83.4 Å². The first-order chi connectivity index (χ1) is 22.1. The summed E-state index contributed by atoms with van der Waals surface area (Å²) in [6, 6.07) is 19.5. The molecule has 2 heterocycles. The lowest BCUT2D eigenvalue weighted by molar-refractivity contribution is -0.163. The summed E-state index contributed by atoms with van der Waals surface area (Å²) in [4.78, 5) is 29.9. The Morgan fingerprint density at radius 3 is 2.35 bits per heavy atom. The summed E-state index contributed by atoms with van der Waals surface area (Å²) in [6.45, 7) is 4.21. The number of benzene rings is 3. The predicted molar refractivity (Wildman–Crippen MR) is 170 cm³/mol. The van der Waals surface area contributed by atoms with Crippen molar-refractivity contribution in [2.75, 3.05) is 27.9 Å². The Balaban J connectivity index is 1.60. The van der Waals surface area contributed by atoms with Crippen LogP contribution in [0.25, 0.3) is 0 Å². The number of methoxy groups -OCH3 is 3. The molecule has 0 spiro atoms. The predicted octanol–water partition coefficient (Wildman–Crippen LogP) is 4.07. The topological polar surface area (TPSA) is 127 Å². The van der Waals surface area contributed by atoms with Gasteiger partial charge >= 0.3 is 0 Å². The van der Waals surface area contributed by atoms with E-state index >= 15 is 4.79 Å². The summed E-state index contributed by atoms with van der Waals surface area (Å²) in [6.07, 6.45) is -0.206. The first kappa shape index (κ1) is 31.7. The molecule has 2 amide bonds. The van der Waals surface area contributed by atoms with Crippen molar-refractivity contribution in [2.45, 2.75) is 62.5 Å². The minimum absolute atomic E-state index is 0.124. The fourth-order valence-electron chi connectivity index (χ4n) is 7.61. The highest BCUT2D eigenvalue weighted by Gasteiger charge is 2.76. The third-order valence-electron chi connectivity index (χ3n) is 10.1. The molecule has 2 aliphatic heterocycles. The van der Waals surface area contributed by atoms with Crippen molar-refractivity contribution in [3.63, 3.8) is 0 Å². The molecular formula is C36H42N2O8. The number of aliphatic hydroxyl groups is 2. The van der Waals surface area contributed by atoms with E-state index in [1.165, 1.54) is 14.2 Å². The summed E-state index contributed by atoms with van der Waals surface area (Å²) in [5.41, 5.74) is -2.42. The molecule has 7 atom stereocenters. The van der Waals surface area contributed by atoms with Gasteiger partial charge in [0.15, 0.2) is 5.60 Å². The Morgan fingerprint density at radius 1 is 1.02 bits per heavy atom. The van der Waals surface area contributed by atoms with Gasteiger partial charge in [-0.25, -0.2) is 0 Å². The highest BCUT2D eigenvalue weighted by molar-refractivity contribution is 5.86. The van der Waals surface area contributed by atoms with Crippen LogP contribution >= 0.6 is 0 Å². The van der Waals surface area contributed by atoms with Crippen LogP contribution in [0.3, 0.4) is 0 Å². The lowest BCUT2D eigenvalue weighted by Gasteiger charge is -2.45. The minimum atomic E-state index is -2.04. The number of ether oxygens (including phenoxy) is 4. The molecule has 10 nitrogen and oxygen atoms in total. The second-order valence-corrected chi connectivity index (χ2v) is 12.4. The first-order valence-electron chi connectivity index (χ1n) is 15.8. The number of nitrogens with zero attached hydrogens (tertiary/aromatic N) is 1. The highest BCUT2D eigenvalue weighted by atomic mass is 16.5. The zero-order valence-corrected chi connectivity index (χ0v) is 26.9. The quantitative estimate of drug-likeness (QED) is 0.323. The zero-order valence-electron chi connectivity index (χ0n) is 26.9. The second kappa shape index (κ2) is 12.1. The van der Waals surface area contributed by atoms with E-state index in [1.807, 2.05) is 44.2 Å². The Labute approximate surface area is 269 Å². The molecule has 3 aliphatic rings. The molecule has 0 radical (unpaired) electrons. The number of hydrogen-bond donors (Lipinski definition) is 3. The van der Waals surface area contributed by atoms with Crippen molar-refractivity contribution in [1.29, 1.82) is 0 Å². The van der Waals surface area contributed by atoms with Gasteiger partial charge < -0.3 is 39.4 Å². The lowest BCUT2D eigenvalue weighted by atomic mass is 9.74. The van der Waals surface area contributed by atoms with Crippen LogP contribution in [0.15, 0.2) is 66.7 Å². The average molecular weight is 631 g/mol. The SMILES string of the molecule is CCC(C)C(=O)NC1CCCN1C(=O)C1C(c2ccccc2)C2(O)c3c(OC)cc(OC)cc3OC1(c1ccc(OC)cc1)C2O. The van der Waals surface area contributed by atoms with Gasteiger partial charge in [-0.2, -0.15) is 0 Å². The maximum absolute atomic E-state index is 15.2. The molecule has 244 valence electrons. The molecule has 1 saturated carbocycles. The molecule has 10 heteroatoms. The van der Waals surface area contributed by atoms with Gasteiger partial charge in [0.2, 0.25) is 11.8 Å². The molecule has 6 rings (SSSR count). The van der Waals surface area contributed by atoms with Gasteiger partial charge in [-0.05, 0) is 42.5 Å². The lowest BCUT2D eigenvalue weighted by Crippen LogP contribution is -2.58. The number of carbonyl (C=O) groups is 2. The van der Waals surface area contributed by atoms with Crippen LogP contribution < -0.4 is 24.3 Å². The van der Waals surface area contributed by atoms with Crippen LogP contribution in [0.2, 0.25) is 0 Å². The van der Waals surface area contributed by atoms with E-state index in [-0.39, 0.29) is 34.8 Å². The third-order valence-corrected chi connectivity index (χ3v) is 10.1. The molecule has 7 unspecified atom stereocenters. The molecule has 0 aromatic heterocycles. The number of fused-ring (bicyclic) bond motifs is 4. The number of hydrogen-bond acceptors (Lipinski definition) is 8. The summed E-state index contributed by atoms with van der Waals surface area (Å²) in [7, 11) is 4.54. The van der Waals surface area contributed by atoms with E-state index in [0.717, 1.165) is 0 Å². The summed E-state index contributed by atoms with van der Waals surface area (Å²) in [5.74, 6) is -1.29. The summed E-state index contributed by atoms with van der Waals surface area (Å²) < 4.78 is 23.6. The standard InChI is InChI=1S/C36H42N2O8/c1-6-21(2)32(39)37-28-13-10-18-38(28)33(40)31-29(22-11-8-7-9-12-22)35(42)30-26(45-5)19-25(44-4)20-27(30)46-36(31,34(35)41)23-14-16-24(43-3)17-15-23/h7-9,11-12,14-17,19-21,28-29,31,34,41-42H,6,10,13,18H2,1-5H3,(H,37,39). The molecule has 2 bridgehead atoms. The van der Waals surface area contributed by atoms with E-state index in [0.29, 0.717) is 48.4 Å². The van der Waals surface area contributed by atoms with E-state index < -0.39 is 35.3 Å². The molecule has 46 heavy (non-hydrogen) atoms. The van der Waals surface area contributed by atoms with Gasteiger partial charge in [0.25, 0.3) is 0 Å². The Kier molecular flexibility index (Phi) is 8.37. The van der Waals surface area contributed by atoms with Crippen LogP contribution in [-0.4, -0.2) is 67.1 Å². The smallest absolute Gasteiger partial charge is 0.232 e. The highest BCUT2D eigenvalue weighted by Crippen LogP contribution is 2.68. The fourth-order valence-corrected chi connectivity index (χ4v) is 7.61. The van der Waals surface area contributed by atoms with Crippen LogP contribution in [0, 0.1) is 11.8 Å². The van der Waals surface area contributed by atoms with Gasteiger partial charge in [0.05, 0.1) is 32.8 Å². The van der Waals surface area contributed by atoms with Crippen LogP contribution in [0.4, 0.5) is 0 Å². The van der Waals surface area contributed by atoms with E-state index in [1.54, 1.807) is 48.4 Å². The maximum Gasteiger partial charge on any atom is 0.232 e. The molecule has 2 fully saturated rings. The Bertz CT molecular complexity index is 1600. The minimum Gasteiger partial charge on any atom is -0.497 e. The monoisotopic (exact) mass is 630 g/mol. The fraction of sp³-hybridized carbons (Fsp3) is 0.444. The van der Waals surface area contributed by atoms with E-state index in [2.05, 4.69) is 5.32 Å². The largest absolute Gasteiger partial charge is 0.497 e. The van der Waals surface area contributed by atoms with Crippen LogP contribution in [0.5, 0.6) is 23.0 Å².